The van der Waals surface area contributed by atoms with E-state index < -0.39 is 5.97 Å². The topological polar surface area (TPSA) is 63.0 Å². The molecule has 2 aromatic carbocycles. The number of likely N-dealkylation sites (N-methyl/N-ethyl adjacent to an activating group) is 1. The lowest BCUT2D eigenvalue weighted by Gasteiger charge is -2.18. The second kappa shape index (κ2) is 8.57. The van der Waals surface area contributed by atoms with Gasteiger partial charge in [-0.2, -0.15) is 0 Å². The third-order valence-electron chi connectivity index (χ3n) is 4.71. The summed E-state index contributed by atoms with van der Waals surface area (Å²) in [5, 5.41) is 1.30. The SMILES string of the molecule is Cc1c(C(=O)OCC(=O)N(C)Cc2ccc(N(C)C)cc2)oc2ccc(Cl)cc12. The van der Waals surface area contributed by atoms with Crippen molar-refractivity contribution in [2.75, 3.05) is 32.6 Å². The fraction of sp³-hybridized carbons (Fsp3) is 0.273. The van der Waals surface area contributed by atoms with Gasteiger partial charge in [0.05, 0.1) is 0 Å². The Morgan fingerprint density at radius 2 is 1.76 bits per heavy atom. The number of nitrogens with zero attached hydrogens (tertiary/aromatic N) is 2. The summed E-state index contributed by atoms with van der Waals surface area (Å²) in [6, 6.07) is 13.0. The zero-order valence-corrected chi connectivity index (χ0v) is 17.6. The Bertz CT molecular complexity index is 1040. The number of anilines is 1. The summed E-state index contributed by atoms with van der Waals surface area (Å²) in [5.41, 5.74) is 3.25. The molecule has 0 fully saturated rings. The van der Waals surface area contributed by atoms with Gasteiger partial charge in [0.25, 0.3) is 5.91 Å². The van der Waals surface area contributed by atoms with Crippen LogP contribution in [0, 0.1) is 6.92 Å². The molecule has 0 atom stereocenters. The molecule has 0 aliphatic carbocycles. The number of furan rings is 1. The Labute approximate surface area is 174 Å². The summed E-state index contributed by atoms with van der Waals surface area (Å²) < 4.78 is 10.7. The zero-order valence-electron chi connectivity index (χ0n) is 16.9. The Morgan fingerprint density at radius 3 is 2.41 bits per heavy atom. The van der Waals surface area contributed by atoms with Crippen molar-refractivity contribution < 1.29 is 18.7 Å². The fourth-order valence-electron chi connectivity index (χ4n) is 2.95. The number of esters is 1. The second-order valence-electron chi connectivity index (χ2n) is 7.08. The summed E-state index contributed by atoms with van der Waals surface area (Å²) in [4.78, 5) is 28.3. The van der Waals surface area contributed by atoms with Gasteiger partial charge in [-0.05, 0) is 42.8 Å². The molecule has 0 aliphatic heterocycles. The minimum absolute atomic E-state index is 0.0805. The predicted molar refractivity (Wildman–Crippen MR) is 113 cm³/mol. The number of fused-ring (bicyclic) bond motifs is 1. The van der Waals surface area contributed by atoms with Crippen molar-refractivity contribution in [1.29, 1.82) is 0 Å². The van der Waals surface area contributed by atoms with Crippen LogP contribution in [-0.2, 0) is 16.1 Å². The average molecular weight is 415 g/mol. The van der Waals surface area contributed by atoms with E-state index >= 15 is 0 Å². The van der Waals surface area contributed by atoms with Gasteiger partial charge in [0, 0.05) is 49.3 Å². The van der Waals surface area contributed by atoms with Crippen LogP contribution in [0.2, 0.25) is 5.02 Å². The summed E-state index contributed by atoms with van der Waals surface area (Å²) >= 11 is 6.00. The molecule has 1 heterocycles. The van der Waals surface area contributed by atoms with E-state index in [1.165, 1.54) is 4.90 Å². The van der Waals surface area contributed by atoms with Crippen LogP contribution in [0.1, 0.15) is 21.7 Å². The Balaban J connectivity index is 1.59. The molecule has 1 amide bonds. The maximum Gasteiger partial charge on any atom is 0.375 e. The van der Waals surface area contributed by atoms with E-state index in [-0.39, 0.29) is 18.3 Å². The minimum atomic E-state index is -0.674. The number of carbonyl (C=O) groups excluding carboxylic acids is 2. The summed E-state index contributed by atoms with van der Waals surface area (Å²) in [6.07, 6.45) is 0. The van der Waals surface area contributed by atoms with Gasteiger partial charge in [-0.15, -0.1) is 0 Å². The van der Waals surface area contributed by atoms with Crippen LogP contribution in [0.5, 0.6) is 0 Å². The number of hydrogen-bond donors (Lipinski definition) is 0. The molecule has 6 nitrogen and oxygen atoms in total. The number of aryl methyl sites for hydroxylation is 1. The van der Waals surface area contributed by atoms with Crippen LogP contribution < -0.4 is 4.90 Å². The number of hydrogen-bond acceptors (Lipinski definition) is 5. The van der Waals surface area contributed by atoms with Crippen molar-refractivity contribution in [2.45, 2.75) is 13.5 Å². The molecule has 0 unspecified atom stereocenters. The number of benzene rings is 2. The maximum absolute atomic E-state index is 12.4. The van der Waals surface area contributed by atoms with Gasteiger partial charge in [-0.3, -0.25) is 4.79 Å². The molecule has 0 saturated carbocycles. The molecule has 29 heavy (non-hydrogen) atoms. The standard InChI is InChI=1S/C22H23ClN2O4/c1-14-18-11-16(23)7-10-19(18)29-21(14)22(27)28-13-20(26)25(4)12-15-5-8-17(9-6-15)24(2)3/h5-11H,12-13H2,1-4H3. The summed E-state index contributed by atoms with van der Waals surface area (Å²) in [6.45, 7) is 1.82. The molecule has 0 saturated heterocycles. The number of ether oxygens (including phenoxy) is 1. The lowest BCUT2D eigenvalue weighted by Crippen LogP contribution is -2.30. The minimum Gasteiger partial charge on any atom is -0.450 e. The fourth-order valence-corrected chi connectivity index (χ4v) is 3.12. The van der Waals surface area contributed by atoms with E-state index in [9.17, 15) is 9.59 Å². The second-order valence-corrected chi connectivity index (χ2v) is 7.52. The lowest BCUT2D eigenvalue weighted by molar-refractivity contribution is -0.133. The molecule has 0 bridgehead atoms. The van der Waals surface area contributed by atoms with Gasteiger partial charge in [0.1, 0.15) is 5.58 Å². The maximum atomic E-state index is 12.4. The molecule has 3 rings (SSSR count). The van der Waals surface area contributed by atoms with E-state index in [0.717, 1.165) is 16.6 Å². The third kappa shape index (κ3) is 4.71. The van der Waals surface area contributed by atoms with Crippen LogP contribution in [-0.4, -0.2) is 44.5 Å². The van der Waals surface area contributed by atoms with Crippen LogP contribution in [0.4, 0.5) is 5.69 Å². The van der Waals surface area contributed by atoms with Gasteiger partial charge in [-0.1, -0.05) is 23.7 Å². The van der Waals surface area contributed by atoms with Gasteiger partial charge >= 0.3 is 5.97 Å². The smallest absolute Gasteiger partial charge is 0.375 e. The monoisotopic (exact) mass is 414 g/mol. The Morgan fingerprint density at radius 1 is 1.07 bits per heavy atom. The number of amides is 1. The predicted octanol–water partition coefficient (Wildman–Crippen LogP) is 4.28. The molecule has 0 aliphatic rings. The van der Waals surface area contributed by atoms with Crippen LogP contribution in [0.15, 0.2) is 46.9 Å². The normalized spacial score (nSPS) is 10.8. The van der Waals surface area contributed by atoms with Crippen molar-refractivity contribution in [1.82, 2.24) is 4.90 Å². The van der Waals surface area contributed by atoms with E-state index in [1.54, 1.807) is 32.2 Å². The molecular formula is C22H23ClN2O4. The van der Waals surface area contributed by atoms with Crippen LogP contribution in [0.3, 0.4) is 0 Å². The van der Waals surface area contributed by atoms with Gasteiger partial charge in [0.15, 0.2) is 6.61 Å². The van der Waals surface area contributed by atoms with Gasteiger partial charge < -0.3 is 19.0 Å². The summed E-state index contributed by atoms with van der Waals surface area (Å²) in [5.74, 6) is -0.893. The first-order chi connectivity index (χ1) is 13.8. The molecule has 3 aromatic rings. The van der Waals surface area contributed by atoms with Crippen molar-refractivity contribution in [3.8, 4) is 0 Å². The number of carbonyl (C=O) groups is 2. The first-order valence-corrected chi connectivity index (χ1v) is 9.50. The first kappa shape index (κ1) is 20.7. The largest absolute Gasteiger partial charge is 0.450 e. The molecule has 1 aromatic heterocycles. The number of halogens is 1. The van der Waals surface area contributed by atoms with Gasteiger partial charge in [0.2, 0.25) is 5.76 Å². The van der Waals surface area contributed by atoms with Gasteiger partial charge in [-0.25, -0.2) is 4.79 Å². The molecule has 0 radical (unpaired) electrons. The van der Waals surface area contributed by atoms with E-state index in [0.29, 0.717) is 22.7 Å². The third-order valence-corrected chi connectivity index (χ3v) is 4.94. The highest BCUT2D eigenvalue weighted by molar-refractivity contribution is 6.31. The quantitative estimate of drug-likeness (QED) is 0.563. The Hall–Kier alpha value is -2.99. The highest BCUT2D eigenvalue weighted by Gasteiger charge is 2.21. The summed E-state index contributed by atoms with van der Waals surface area (Å²) in [7, 11) is 5.61. The highest BCUT2D eigenvalue weighted by Crippen LogP contribution is 2.28. The molecule has 0 spiro atoms. The van der Waals surface area contributed by atoms with Crippen LogP contribution in [0.25, 0.3) is 11.0 Å². The molecular weight excluding hydrogens is 392 g/mol. The number of rotatable bonds is 6. The molecule has 7 heteroatoms. The molecule has 0 N–H and O–H groups in total. The lowest BCUT2D eigenvalue weighted by atomic mass is 10.1. The van der Waals surface area contributed by atoms with Crippen LogP contribution >= 0.6 is 11.6 Å². The van der Waals surface area contributed by atoms with Crippen molar-refractivity contribution >= 4 is 40.1 Å². The van der Waals surface area contributed by atoms with E-state index in [1.807, 2.05) is 43.3 Å². The zero-order chi connectivity index (χ0) is 21.1. The average Bonchev–Trinajstić information content (AvgIpc) is 3.02. The first-order valence-electron chi connectivity index (χ1n) is 9.12. The highest BCUT2D eigenvalue weighted by atomic mass is 35.5. The van der Waals surface area contributed by atoms with Crippen molar-refractivity contribution in [3.05, 3.63) is 64.4 Å². The van der Waals surface area contributed by atoms with Crippen molar-refractivity contribution in [2.24, 2.45) is 0 Å². The van der Waals surface area contributed by atoms with E-state index in [4.69, 9.17) is 20.8 Å². The Kier molecular flexibility index (Phi) is 6.13. The van der Waals surface area contributed by atoms with Crippen molar-refractivity contribution in [3.63, 3.8) is 0 Å². The van der Waals surface area contributed by atoms with E-state index in [2.05, 4.69) is 0 Å². The molecule has 152 valence electrons.